The fraction of sp³-hybridized carbons (Fsp3) is 0.250. The van der Waals surface area contributed by atoms with Crippen molar-refractivity contribution >= 4 is 24.2 Å². The van der Waals surface area contributed by atoms with Crippen LogP contribution in [0.15, 0.2) is 10.3 Å². The van der Waals surface area contributed by atoms with E-state index in [-0.39, 0.29) is 0 Å². The molecule has 0 saturated carbocycles. The van der Waals surface area contributed by atoms with Crippen molar-refractivity contribution in [3.63, 3.8) is 0 Å². The monoisotopic (exact) mass is 131 g/mol. The van der Waals surface area contributed by atoms with Gasteiger partial charge in [-0.25, -0.2) is 0 Å². The first kappa shape index (κ1) is 5.12. The van der Waals surface area contributed by atoms with Gasteiger partial charge in [0.25, 0.3) is 0 Å². The zero-order valence-corrected chi connectivity index (χ0v) is 5.59. The minimum absolute atomic E-state index is 0.991. The van der Waals surface area contributed by atoms with Crippen molar-refractivity contribution in [2.75, 3.05) is 0 Å². The molecule has 1 aromatic rings. The van der Waals surface area contributed by atoms with Crippen LogP contribution in [0.1, 0.15) is 5.69 Å². The predicted molar refractivity (Wildman–Crippen MR) is 34.1 cm³/mol. The van der Waals surface area contributed by atoms with Gasteiger partial charge in [-0.2, -0.15) is 4.37 Å². The lowest BCUT2D eigenvalue weighted by atomic mass is 10.5. The number of aromatic nitrogens is 1. The zero-order valence-electron chi connectivity index (χ0n) is 3.88. The molecule has 0 saturated heterocycles. The molecule has 38 valence electrons. The summed E-state index contributed by atoms with van der Waals surface area (Å²) in [6.45, 7) is 1.94. The van der Waals surface area contributed by atoms with Crippen molar-refractivity contribution in [3.8, 4) is 0 Å². The van der Waals surface area contributed by atoms with Gasteiger partial charge in [-0.3, -0.25) is 0 Å². The maximum atomic E-state index is 4.10. The van der Waals surface area contributed by atoms with Gasteiger partial charge in [0.05, 0.1) is 5.69 Å². The van der Waals surface area contributed by atoms with Gasteiger partial charge in [0.1, 0.15) is 0 Å². The van der Waals surface area contributed by atoms with Crippen LogP contribution >= 0.6 is 24.2 Å². The van der Waals surface area contributed by atoms with Gasteiger partial charge < -0.3 is 0 Å². The van der Waals surface area contributed by atoms with E-state index in [1.807, 2.05) is 12.3 Å². The summed E-state index contributed by atoms with van der Waals surface area (Å²) < 4.78 is 3.98. The van der Waals surface area contributed by atoms with Crippen molar-refractivity contribution in [3.05, 3.63) is 11.1 Å². The van der Waals surface area contributed by atoms with Gasteiger partial charge in [0.15, 0.2) is 0 Å². The fourth-order valence-corrected chi connectivity index (χ4v) is 1.13. The first-order chi connectivity index (χ1) is 3.30. The molecule has 3 heteroatoms. The Morgan fingerprint density at radius 1 is 1.86 bits per heavy atom. The lowest BCUT2D eigenvalue weighted by molar-refractivity contribution is 1.25. The van der Waals surface area contributed by atoms with E-state index in [0.717, 1.165) is 10.6 Å². The lowest BCUT2D eigenvalue weighted by Crippen LogP contribution is -1.64. The number of hydrogen-bond donors (Lipinski definition) is 1. The molecule has 0 fully saturated rings. The highest BCUT2D eigenvalue weighted by molar-refractivity contribution is 7.80. The molecule has 1 nitrogen and oxygen atoms in total. The third-order valence-corrected chi connectivity index (χ3v) is 2.07. The number of thiol groups is 1. The Hall–Kier alpha value is -0.0200. The van der Waals surface area contributed by atoms with Crippen molar-refractivity contribution in [2.45, 2.75) is 11.8 Å². The molecule has 0 aromatic carbocycles. The summed E-state index contributed by atoms with van der Waals surface area (Å²) in [5, 5.41) is 1.92. The molecule has 0 spiro atoms. The molecule has 0 amide bonds. The highest BCUT2D eigenvalue weighted by Gasteiger charge is 1.90. The van der Waals surface area contributed by atoms with E-state index in [9.17, 15) is 0 Å². The summed E-state index contributed by atoms with van der Waals surface area (Å²) in [4.78, 5) is 0.991. The van der Waals surface area contributed by atoms with Gasteiger partial charge in [0, 0.05) is 10.3 Å². The topological polar surface area (TPSA) is 12.9 Å². The second-order valence-corrected chi connectivity index (χ2v) is 2.40. The largest absolute Gasteiger partial charge is 0.197 e. The maximum absolute atomic E-state index is 4.10. The van der Waals surface area contributed by atoms with Crippen LogP contribution in [0.3, 0.4) is 0 Å². The van der Waals surface area contributed by atoms with Crippen LogP contribution < -0.4 is 0 Å². The molecule has 1 heterocycles. The maximum Gasteiger partial charge on any atom is 0.0644 e. The van der Waals surface area contributed by atoms with Crippen LogP contribution in [0.2, 0.25) is 0 Å². The lowest BCUT2D eigenvalue weighted by Gasteiger charge is -1.76. The van der Waals surface area contributed by atoms with E-state index >= 15 is 0 Å². The highest BCUT2D eigenvalue weighted by Crippen LogP contribution is 2.11. The molecule has 0 radical (unpaired) electrons. The smallest absolute Gasteiger partial charge is 0.0644 e. The Kier molecular flexibility index (Phi) is 1.35. The highest BCUT2D eigenvalue weighted by atomic mass is 32.1. The SMILES string of the molecule is Cc1nscc1S. The van der Waals surface area contributed by atoms with Gasteiger partial charge in [-0.05, 0) is 18.5 Å². The van der Waals surface area contributed by atoms with E-state index in [1.54, 1.807) is 0 Å². The van der Waals surface area contributed by atoms with E-state index in [1.165, 1.54) is 11.5 Å². The van der Waals surface area contributed by atoms with E-state index < -0.39 is 0 Å². The Morgan fingerprint density at radius 3 is 2.71 bits per heavy atom. The minimum Gasteiger partial charge on any atom is -0.197 e. The second kappa shape index (κ2) is 1.84. The van der Waals surface area contributed by atoms with Crippen molar-refractivity contribution in [1.82, 2.24) is 4.37 Å². The third-order valence-electron chi connectivity index (χ3n) is 0.725. The Bertz CT molecular complexity index is 142. The summed E-state index contributed by atoms with van der Waals surface area (Å²) in [6, 6.07) is 0. The van der Waals surface area contributed by atoms with Crippen LogP contribution in [-0.2, 0) is 0 Å². The summed E-state index contributed by atoms with van der Waals surface area (Å²) in [7, 11) is 0. The second-order valence-electron chi connectivity index (χ2n) is 1.29. The van der Waals surface area contributed by atoms with Crippen molar-refractivity contribution in [2.24, 2.45) is 0 Å². The average molecular weight is 131 g/mol. The van der Waals surface area contributed by atoms with Crippen LogP contribution in [0.4, 0.5) is 0 Å². The first-order valence-electron chi connectivity index (χ1n) is 1.90. The normalized spacial score (nSPS) is 9.43. The van der Waals surface area contributed by atoms with Crippen LogP contribution in [0.5, 0.6) is 0 Å². The summed E-state index contributed by atoms with van der Waals surface area (Å²) in [5.41, 5.74) is 1.02. The van der Waals surface area contributed by atoms with E-state index in [4.69, 9.17) is 0 Å². The molecule has 0 aliphatic rings. The molecule has 0 bridgehead atoms. The van der Waals surface area contributed by atoms with Crippen LogP contribution in [-0.4, -0.2) is 4.37 Å². The fourth-order valence-electron chi connectivity index (χ4n) is 0.287. The summed E-state index contributed by atoms with van der Waals surface area (Å²) in [6.07, 6.45) is 0. The minimum atomic E-state index is 0.991. The molecule has 0 aliphatic carbocycles. The Morgan fingerprint density at radius 2 is 2.57 bits per heavy atom. The molecule has 1 rings (SSSR count). The molecule has 0 N–H and O–H groups in total. The third kappa shape index (κ3) is 0.951. The van der Waals surface area contributed by atoms with Crippen LogP contribution in [0, 0.1) is 6.92 Å². The van der Waals surface area contributed by atoms with Gasteiger partial charge in [0.2, 0.25) is 0 Å². The Balaban J connectivity index is 3.12. The first-order valence-corrected chi connectivity index (χ1v) is 3.19. The number of nitrogens with zero attached hydrogens (tertiary/aromatic N) is 1. The van der Waals surface area contributed by atoms with Gasteiger partial charge in [-0.1, -0.05) is 0 Å². The molecule has 7 heavy (non-hydrogen) atoms. The van der Waals surface area contributed by atoms with Crippen molar-refractivity contribution < 1.29 is 0 Å². The quantitative estimate of drug-likeness (QED) is 0.529. The summed E-state index contributed by atoms with van der Waals surface area (Å²) >= 11 is 5.54. The summed E-state index contributed by atoms with van der Waals surface area (Å²) in [5.74, 6) is 0. The molecular formula is C4H5NS2. The standard InChI is InChI=1S/C4H5NS2/c1-3-4(6)2-7-5-3/h2,6H,1H3. The molecule has 0 atom stereocenters. The van der Waals surface area contributed by atoms with Crippen molar-refractivity contribution in [1.29, 1.82) is 0 Å². The molecule has 0 aliphatic heterocycles. The number of rotatable bonds is 0. The average Bonchev–Trinajstić information content (AvgIpc) is 1.91. The Labute approximate surface area is 52.0 Å². The molecule has 0 unspecified atom stereocenters. The number of aryl methyl sites for hydroxylation is 1. The van der Waals surface area contributed by atoms with E-state index in [0.29, 0.717) is 0 Å². The van der Waals surface area contributed by atoms with Gasteiger partial charge in [-0.15, -0.1) is 12.6 Å². The van der Waals surface area contributed by atoms with Crippen LogP contribution in [0.25, 0.3) is 0 Å². The zero-order chi connectivity index (χ0) is 5.28. The number of hydrogen-bond acceptors (Lipinski definition) is 3. The predicted octanol–water partition coefficient (Wildman–Crippen LogP) is 1.74. The van der Waals surface area contributed by atoms with E-state index in [2.05, 4.69) is 17.0 Å². The molecule has 1 aromatic heterocycles. The van der Waals surface area contributed by atoms with Gasteiger partial charge >= 0.3 is 0 Å². The molecular weight excluding hydrogens is 126 g/mol.